The second-order valence-corrected chi connectivity index (χ2v) is 7.67. The highest BCUT2D eigenvalue weighted by Crippen LogP contribution is 2.34. The Morgan fingerprint density at radius 2 is 1.74 bits per heavy atom. The number of anilines is 3. The average molecular weight is 472 g/mol. The molecule has 0 aliphatic carbocycles. The lowest BCUT2D eigenvalue weighted by atomic mass is 10.1. The van der Waals surface area contributed by atoms with E-state index in [1.54, 1.807) is 60.7 Å². The summed E-state index contributed by atoms with van der Waals surface area (Å²) in [5.74, 6) is -0.503. The molecule has 0 atom stereocenters. The van der Waals surface area contributed by atoms with Crippen molar-refractivity contribution in [2.75, 3.05) is 10.6 Å². The van der Waals surface area contributed by atoms with Crippen LogP contribution in [-0.4, -0.2) is 21.1 Å². The Hall–Kier alpha value is -4.91. The van der Waals surface area contributed by atoms with Crippen molar-refractivity contribution in [3.8, 4) is 6.07 Å². The number of para-hydroxylation sites is 1. The molecule has 0 fully saturated rings. The average Bonchev–Trinajstić information content (AvgIpc) is 3.27. The molecule has 2 aromatic heterocycles. The molecule has 5 aromatic rings. The Labute approximate surface area is 196 Å². The topological polar surface area (TPSA) is 106 Å². The van der Waals surface area contributed by atoms with E-state index in [-0.39, 0.29) is 16.9 Å². The molecule has 7 nitrogen and oxygen atoms in total. The van der Waals surface area contributed by atoms with Gasteiger partial charge in [-0.2, -0.15) is 23.5 Å². The molecular formula is C25H15F3N6O. The summed E-state index contributed by atoms with van der Waals surface area (Å²) in [7, 11) is 0. The number of benzene rings is 3. The van der Waals surface area contributed by atoms with Crippen LogP contribution in [0.25, 0.3) is 21.8 Å². The lowest BCUT2D eigenvalue weighted by Gasteiger charge is -2.14. The number of hydrogen-bond acceptors (Lipinski definition) is 5. The SMILES string of the molecule is N#Cc1ccc2[nH]nc(C(=O)Nc3cccc(Nc4cc(C(F)(F)F)nc5ccccc45)c3)c2c1. The van der Waals surface area contributed by atoms with Crippen molar-refractivity contribution in [3.05, 3.63) is 89.7 Å². The molecule has 0 saturated heterocycles. The van der Waals surface area contributed by atoms with Crippen LogP contribution in [0.4, 0.5) is 30.2 Å². The minimum absolute atomic E-state index is 0.116. The first kappa shape index (κ1) is 21.9. The molecule has 35 heavy (non-hydrogen) atoms. The Morgan fingerprint density at radius 1 is 0.943 bits per heavy atom. The number of nitrogens with zero attached hydrogens (tertiary/aromatic N) is 3. The van der Waals surface area contributed by atoms with Crippen LogP contribution >= 0.6 is 0 Å². The number of aromatic nitrogens is 3. The minimum atomic E-state index is -4.60. The molecule has 0 saturated carbocycles. The summed E-state index contributed by atoms with van der Waals surface area (Å²) < 4.78 is 40.1. The van der Waals surface area contributed by atoms with E-state index < -0.39 is 17.8 Å². The third-order valence-corrected chi connectivity index (χ3v) is 5.31. The fourth-order valence-corrected chi connectivity index (χ4v) is 3.70. The summed E-state index contributed by atoms with van der Waals surface area (Å²) in [5.41, 5.74) is 1.41. The first-order chi connectivity index (χ1) is 16.8. The molecule has 0 unspecified atom stereocenters. The standard InChI is InChI=1S/C25H15F3N6O/c26-25(27,28)22-12-21(17-6-1-2-7-19(17)32-22)30-15-4-3-5-16(11-15)31-24(35)23-18-10-14(13-29)8-9-20(18)33-34-23/h1-12H,(H,30,32)(H,31,35)(H,33,34). The van der Waals surface area contributed by atoms with Crippen LogP contribution in [0.15, 0.2) is 72.8 Å². The number of aromatic amines is 1. The van der Waals surface area contributed by atoms with Gasteiger partial charge in [-0.1, -0.05) is 24.3 Å². The maximum atomic E-state index is 13.4. The first-order valence-corrected chi connectivity index (χ1v) is 10.4. The van der Waals surface area contributed by atoms with E-state index in [0.29, 0.717) is 33.2 Å². The molecule has 0 aliphatic heterocycles. The molecule has 172 valence electrons. The van der Waals surface area contributed by atoms with Crippen molar-refractivity contribution >= 4 is 44.8 Å². The van der Waals surface area contributed by atoms with Gasteiger partial charge in [-0.25, -0.2) is 4.98 Å². The Balaban J connectivity index is 1.44. The van der Waals surface area contributed by atoms with E-state index in [4.69, 9.17) is 5.26 Å². The fraction of sp³-hybridized carbons (Fsp3) is 0.0400. The van der Waals surface area contributed by atoms with Crippen LogP contribution in [0.2, 0.25) is 0 Å². The Bertz CT molecular complexity index is 1630. The number of fused-ring (bicyclic) bond motifs is 2. The molecule has 2 heterocycles. The van der Waals surface area contributed by atoms with Crippen LogP contribution < -0.4 is 10.6 Å². The van der Waals surface area contributed by atoms with Crippen molar-refractivity contribution < 1.29 is 18.0 Å². The van der Waals surface area contributed by atoms with E-state index in [0.717, 1.165) is 6.07 Å². The lowest BCUT2D eigenvalue weighted by Crippen LogP contribution is -2.13. The summed E-state index contributed by atoms with van der Waals surface area (Å²) in [6.45, 7) is 0. The van der Waals surface area contributed by atoms with Gasteiger partial charge in [0, 0.05) is 22.1 Å². The van der Waals surface area contributed by atoms with Crippen molar-refractivity contribution in [2.45, 2.75) is 6.18 Å². The van der Waals surface area contributed by atoms with E-state index in [2.05, 4.69) is 25.8 Å². The highest BCUT2D eigenvalue weighted by Gasteiger charge is 2.33. The zero-order valence-electron chi connectivity index (χ0n) is 17.8. The van der Waals surface area contributed by atoms with Crippen molar-refractivity contribution in [1.82, 2.24) is 15.2 Å². The number of hydrogen-bond donors (Lipinski definition) is 3. The summed E-state index contributed by atoms with van der Waals surface area (Å²) in [5, 5.41) is 22.7. The number of pyridine rings is 1. The van der Waals surface area contributed by atoms with Crippen LogP contribution in [0.5, 0.6) is 0 Å². The quantitative estimate of drug-likeness (QED) is 0.298. The fourth-order valence-electron chi connectivity index (χ4n) is 3.70. The van der Waals surface area contributed by atoms with Gasteiger partial charge < -0.3 is 10.6 Å². The molecule has 0 aliphatic rings. The molecule has 3 N–H and O–H groups in total. The lowest BCUT2D eigenvalue weighted by molar-refractivity contribution is -0.140. The minimum Gasteiger partial charge on any atom is -0.355 e. The van der Waals surface area contributed by atoms with Crippen LogP contribution in [0.1, 0.15) is 21.7 Å². The number of carbonyl (C=O) groups excluding carboxylic acids is 1. The normalized spacial score (nSPS) is 11.4. The monoisotopic (exact) mass is 472 g/mol. The van der Waals surface area contributed by atoms with Crippen molar-refractivity contribution in [2.24, 2.45) is 0 Å². The van der Waals surface area contributed by atoms with E-state index in [1.807, 2.05) is 6.07 Å². The molecular weight excluding hydrogens is 457 g/mol. The number of carbonyl (C=O) groups is 1. The molecule has 1 amide bonds. The molecule has 10 heteroatoms. The van der Waals surface area contributed by atoms with Gasteiger partial charge in [-0.15, -0.1) is 0 Å². The van der Waals surface area contributed by atoms with E-state index in [9.17, 15) is 18.0 Å². The van der Waals surface area contributed by atoms with Gasteiger partial charge in [0.1, 0.15) is 5.69 Å². The molecule has 0 radical (unpaired) electrons. The van der Waals surface area contributed by atoms with Gasteiger partial charge in [0.05, 0.1) is 28.4 Å². The number of rotatable bonds is 4. The van der Waals surface area contributed by atoms with E-state index >= 15 is 0 Å². The predicted molar refractivity (Wildman–Crippen MR) is 125 cm³/mol. The Morgan fingerprint density at radius 3 is 2.54 bits per heavy atom. The van der Waals surface area contributed by atoms with Gasteiger partial charge in [-0.3, -0.25) is 9.89 Å². The number of nitriles is 1. The molecule has 0 spiro atoms. The Kier molecular flexibility index (Phi) is 5.30. The van der Waals surface area contributed by atoms with Gasteiger partial charge in [0.25, 0.3) is 5.91 Å². The van der Waals surface area contributed by atoms with Crippen LogP contribution in [-0.2, 0) is 6.18 Å². The summed E-state index contributed by atoms with van der Waals surface area (Å²) in [6.07, 6.45) is -4.60. The second-order valence-electron chi connectivity index (χ2n) is 7.67. The van der Waals surface area contributed by atoms with Crippen molar-refractivity contribution in [1.29, 1.82) is 5.26 Å². The number of halogens is 3. The smallest absolute Gasteiger partial charge is 0.355 e. The maximum Gasteiger partial charge on any atom is 0.433 e. The van der Waals surface area contributed by atoms with Gasteiger partial charge in [-0.05, 0) is 48.5 Å². The summed E-state index contributed by atoms with van der Waals surface area (Å²) >= 11 is 0. The number of alkyl halides is 3. The second kappa shape index (κ2) is 8.46. The third kappa shape index (κ3) is 4.35. The third-order valence-electron chi connectivity index (χ3n) is 5.31. The highest BCUT2D eigenvalue weighted by molar-refractivity contribution is 6.11. The predicted octanol–water partition coefficient (Wildman–Crippen LogP) is 6.00. The largest absolute Gasteiger partial charge is 0.433 e. The van der Waals surface area contributed by atoms with Crippen LogP contribution in [0.3, 0.4) is 0 Å². The molecule has 0 bridgehead atoms. The summed E-state index contributed by atoms with van der Waals surface area (Å²) in [6, 6.07) is 20.9. The number of nitrogens with one attached hydrogen (secondary N) is 3. The maximum absolute atomic E-state index is 13.4. The van der Waals surface area contributed by atoms with Crippen molar-refractivity contribution in [3.63, 3.8) is 0 Å². The van der Waals surface area contributed by atoms with Gasteiger partial charge in [0.2, 0.25) is 0 Å². The number of H-pyrrole nitrogens is 1. The van der Waals surface area contributed by atoms with Gasteiger partial charge in [0.15, 0.2) is 5.69 Å². The zero-order valence-corrected chi connectivity index (χ0v) is 17.8. The molecule has 3 aromatic carbocycles. The van der Waals surface area contributed by atoms with Gasteiger partial charge >= 0.3 is 6.18 Å². The zero-order chi connectivity index (χ0) is 24.6. The highest BCUT2D eigenvalue weighted by atomic mass is 19.4. The van der Waals surface area contributed by atoms with Crippen LogP contribution in [0, 0.1) is 11.3 Å². The summed E-state index contributed by atoms with van der Waals surface area (Å²) in [4.78, 5) is 16.6. The van der Waals surface area contributed by atoms with E-state index in [1.165, 1.54) is 6.07 Å². The first-order valence-electron chi connectivity index (χ1n) is 10.4. The number of amides is 1. The molecule has 5 rings (SSSR count).